The minimum Gasteiger partial charge on any atom is -0.490 e. The second kappa shape index (κ2) is 51.7. The highest BCUT2D eigenvalue weighted by molar-refractivity contribution is 8.03. The van der Waals surface area contributed by atoms with E-state index in [1.165, 1.54) is 31.7 Å². The van der Waals surface area contributed by atoms with Gasteiger partial charge in [-0.25, -0.2) is 24.0 Å². The number of carbonyl (C=O) groups excluding carboxylic acids is 5. The van der Waals surface area contributed by atoms with E-state index in [0.29, 0.717) is 35.4 Å². The molecule has 2 unspecified atom stereocenters. The van der Waals surface area contributed by atoms with Crippen molar-refractivity contribution in [2.75, 3.05) is 50.3 Å². The van der Waals surface area contributed by atoms with Crippen LogP contribution >= 0.6 is 47.0 Å². The molecule has 0 amide bonds. The first-order valence-electron chi connectivity index (χ1n) is 33.3. The molecule has 0 bridgehead atoms. The Hall–Kier alpha value is -11.4. The summed E-state index contributed by atoms with van der Waals surface area (Å²) >= 11 is 6.88. The van der Waals surface area contributed by atoms with E-state index in [0.717, 1.165) is 47.0 Å². The number of carbonyl (C=O) groups is 5. The maximum atomic E-state index is 11.5. The van der Waals surface area contributed by atoms with Crippen molar-refractivity contribution in [1.82, 2.24) is 0 Å². The highest BCUT2D eigenvalue weighted by atomic mass is 32.2. The Morgan fingerprint density at radius 1 is 0.283 bits per heavy atom. The molecule has 0 aliphatic rings. The standard InChI is InChI=1S/2C18H18O4.2C18H18O2S2.C15H12O3/c1-2-18(19)21-14-17(22-16-11-7-4-8-12-16)13-20-15-9-5-3-6-10-15;1-2-18(19)22-17(13-20-15-9-5-3-6-10-15)14-21-16-11-7-4-8-12-16;1-2-18(19)20-15(13-21-16-9-5-3-6-10-16)14-22-17-11-7-4-8-12-17;1-2-18(19)20-13-17(22-16-11-7-4-8-12-16)14-21-15-9-5-3-6-10-15;1-2-15(16)18-14-10-8-13(9-11-14)17-12-6-4-3-5-7-12/h2*2-12,17H,1,13-14H2;2-12,15H,1,13-14H2;2-12,17H,1,13-14H2;2-11H,1H2. The van der Waals surface area contributed by atoms with E-state index in [1.807, 2.05) is 224 Å². The summed E-state index contributed by atoms with van der Waals surface area (Å²) < 4.78 is 54.2. The third kappa shape index (κ3) is 37.2. The van der Waals surface area contributed by atoms with Gasteiger partial charge in [-0.3, -0.25) is 0 Å². The van der Waals surface area contributed by atoms with E-state index in [2.05, 4.69) is 81.4 Å². The number of benzene rings is 10. The van der Waals surface area contributed by atoms with E-state index < -0.39 is 30.1 Å². The quantitative estimate of drug-likeness (QED) is 0.0119. The second-order valence-electron chi connectivity index (χ2n) is 21.6. The Kier molecular flexibility index (Phi) is 40.8. The largest absolute Gasteiger partial charge is 0.490 e. The van der Waals surface area contributed by atoms with Crippen LogP contribution in [0.5, 0.6) is 40.2 Å². The summed E-state index contributed by atoms with van der Waals surface area (Å²) in [5.74, 6) is 4.86. The van der Waals surface area contributed by atoms with Crippen LogP contribution in [0.3, 0.4) is 0 Å². The van der Waals surface area contributed by atoms with Crippen LogP contribution in [0.2, 0.25) is 0 Å². The molecule has 0 spiro atoms. The first-order chi connectivity index (χ1) is 51.9. The summed E-state index contributed by atoms with van der Waals surface area (Å²) in [6, 6.07) is 94.3. The predicted octanol–water partition coefficient (Wildman–Crippen LogP) is 19.4. The molecular formula is C87H84O15S4. The van der Waals surface area contributed by atoms with Crippen molar-refractivity contribution in [2.45, 2.75) is 43.1 Å². The molecule has 0 radical (unpaired) electrons. The molecule has 10 aromatic rings. The zero-order valence-corrected chi connectivity index (χ0v) is 61.7. The highest BCUT2D eigenvalue weighted by Gasteiger charge is 2.19. The first-order valence-corrected chi connectivity index (χ1v) is 37.1. The van der Waals surface area contributed by atoms with Gasteiger partial charge in [0.05, 0.1) is 5.25 Å². The number of para-hydroxylation sites is 5. The zero-order valence-electron chi connectivity index (χ0n) is 58.4. The number of esters is 5. The molecule has 0 aromatic heterocycles. The molecular weight excluding hydrogens is 1410 g/mol. The Balaban J connectivity index is 0.000000208. The Bertz CT molecular complexity index is 3810. The van der Waals surface area contributed by atoms with Crippen LogP contribution in [0.25, 0.3) is 0 Å². The maximum absolute atomic E-state index is 11.5. The van der Waals surface area contributed by atoms with Gasteiger partial charge in [-0.05, 0) is 133 Å². The second-order valence-corrected chi connectivity index (χ2v) is 26.2. The van der Waals surface area contributed by atoms with Crippen molar-refractivity contribution >= 4 is 76.9 Å². The summed E-state index contributed by atoms with van der Waals surface area (Å²) in [5.41, 5.74) is 0. The molecule has 10 rings (SSSR count). The summed E-state index contributed by atoms with van der Waals surface area (Å²) in [7, 11) is 0. The van der Waals surface area contributed by atoms with Gasteiger partial charge in [-0.1, -0.05) is 197 Å². The van der Waals surface area contributed by atoms with Crippen molar-refractivity contribution in [3.05, 3.63) is 361 Å². The Morgan fingerprint density at radius 3 is 0.972 bits per heavy atom. The van der Waals surface area contributed by atoms with Gasteiger partial charge in [0.15, 0.2) is 12.2 Å². The van der Waals surface area contributed by atoms with E-state index in [9.17, 15) is 24.0 Å². The smallest absolute Gasteiger partial charge is 0.335 e. The number of thioether (sulfide) groups is 4. The van der Waals surface area contributed by atoms with Gasteiger partial charge in [0.25, 0.3) is 0 Å². The third-order valence-electron chi connectivity index (χ3n) is 13.4. The summed E-state index contributed by atoms with van der Waals surface area (Å²) in [6.45, 7) is 18.1. The summed E-state index contributed by atoms with van der Waals surface area (Å²) in [5, 5.41) is 0.191. The molecule has 546 valence electrons. The van der Waals surface area contributed by atoms with Crippen molar-refractivity contribution in [2.24, 2.45) is 0 Å². The van der Waals surface area contributed by atoms with Gasteiger partial charge >= 0.3 is 29.8 Å². The molecule has 0 aliphatic heterocycles. The van der Waals surface area contributed by atoms with Gasteiger partial charge in [0, 0.05) is 67.2 Å². The minimum absolute atomic E-state index is 0.0899. The average Bonchev–Trinajstić information content (AvgIpc) is 0.925. The Labute approximate surface area is 638 Å². The van der Waals surface area contributed by atoms with E-state index in [-0.39, 0.29) is 49.7 Å². The molecule has 0 saturated carbocycles. The summed E-state index contributed by atoms with van der Waals surface area (Å²) in [6.07, 6.45) is 4.70. The molecule has 15 nitrogen and oxygen atoms in total. The molecule has 0 aliphatic carbocycles. The van der Waals surface area contributed by atoms with Crippen LogP contribution < -0.4 is 28.4 Å². The minimum atomic E-state index is -0.522. The van der Waals surface area contributed by atoms with Gasteiger partial charge in [-0.15, -0.1) is 47.0 Å². The number of ether oxygens (including phenoxy) is 10. The topological polar surface area (TPSA) is 178 Å². The van der Waals surface area contributed by atoms with Crippen LogP contribution in [0, 0.1) is 0 Å². The molecule has 0 saturated heterocycles. The lowest BCUT2D eigenvalue weighted by molar-refractivity contribution is -0.146. The van der Waals surface area contributed by atoms with Crippen LogP contribution in [-0.4, -0.2) is 104 Å². The fourth-order valence-corrected chi connectivity index (χ4v) is 12.4. The summed E-state index contributed by atoms with van der Waals surface area (Å²) in [4.78, 5) is 61.1. The van der Waals surface area contributed by atoms with Gasteiger partial charge in [0.1, 0.15) is 79.4 Å². The lowest BCUT2D eigenvalue weighted by atomic mass is 10.3. The van der Waals surface area contributed by atoms with Crippen molar-refractivity contribution in [3.8, 4) is 40.2 Å². The van der Waals surface area contributed by atoms with Crippen molar-refractivity contribution < 1.29 is 71.3 Å². The van der Waals surface area contributed by atoms with Crippen LogP contribution in [-0.2, 0) is 42.9 Å². The Morgan fingerprint density at radius 2 is 0.585 bits per heavy atom. The first kappa shape index (κ1) is 83.6. The monoisotopic (exact) mass is 1500 g/mol. The molecule has 106 heavy (non-hydrogen) atoms. The molecule has 10 aromatic carbocycles. The average molecular weight is 1500 g/mol. The van der Waals surface area contributed by atoms with E-state index >= 15 is 0 Å². The maximum Gasteiger partial charge on any atom is 0.335 e. The SMILES string of the molecule is C=CC(=O)OC(COc1ccccc1)COc1ccccc1.C=CC(=O)OC(CSc1ccccc1)CSc1ccccc1.C=CC(=O)OCC(COc1ccccc1)Oc1ccccc1.C=CC(=O)OCC(CSc1ccccc1)Sc1ccccc1.C=CC(=O)Oc1ccc(Oc2ccccc2)cc1. The zero-order chi connectivity index (χ0) is 75.3. The molecule has 2 atom stereocenters. The highest BCUT2D eigenvalue weighted by Crippen LogP contribution is 2.30. The molecule has 0 N–H and O–H groups in total. The van der Waals surface area contributed by atoms with E-state index in [1.54, 1.807) is 71.3 Å². The molecule has 0 fully saturated rings. The van der Waals surface area contributed by atoms with Gasteiger partial charge in [-0.2, -0.15) is 0 Å². The van der Waals surface area contributed by atoms with Gasteiger partial charge < -0.3 is 47.4 Å². The van der Waals surface area contributed by atoms with E-state index in [4.69, 9.17) is 47.4 Å². The lowest BCUT2D eigenvalue weighted by Gasteiger charge is -2.19. The third-order valence-corrected chi connectivity index (χ3v) is 18.3. The van der Waals surface area contributed by atoms with Crippen molar-refractivity contribution in [1.29, 1.82) is 0 Å². The molecule has 0 heterocycles. The lowest BCUT2D eigenvalue weighted by Crippen LogP contribution is -2.31. The predicted molar refractivity (Wildman–Crippen MR) is 426 cm³/mol. The normalized spacial score (nSPS) is 10.6. The fourth-order valence-electron chi connectivity index (χ4n) is 8.33. The number of rotatable bonds is 36. The van der Waals surface area contributed by atoms with Crippen molar-refractivity contribution in [3.63, 3.8) is 0 Å². The molecule has 19 heteroatoms. The number of hydrogen-bond donors (Lipinski definition) is 0. The van der Waals surface area contributed by atoms with Gasteiger partial charge in [0.2, 0.25) is 0 Å². The van der Waals surface area contributed by atoms with Crippen LogP contribution in [0.4, 0.5) is 0 Å². The number of hydrogen-bond acceptors (Lipinski definition) is 19. The van der Waals surface area contributed by atoms with Crippen LogP contribution in [0.15, 0.2) is 380 Å². The van der Waals surface area contributed by atoms with Crippen LogP contribution in [0.1, 0.15) is 0 Å². The fraction of sp³-hybridized carbons (Fsp3) is 0.138.